The molecule has 0 saturated heterocycles. The number of rotatable bonds is 5. The van der Waals surface area contributed by atoms with Gasteiger partial charge in [0.2, 0.25) is 5.91 Å². The third kappa shape index (κ3) is 2.45. The molecule has 1 fully saturated rings. The number of hydrogen-bond acceptors (Lipinski definition) is 4. The number of hydrogen-bond donors (Lipinski definition) is 2. The summed E-state index contributed by atoms with van der Waals surface area (Å²) in [5, 5.41) is 17.0. The maximum Gasteiger partial charge on any atom is 0.292 e. The SMILES string of the molecule is CC(CNc1cc2c(cc1[N+](=O)[O-])CC(=O)N2)C1CC1. The minimum atomic E-state index is -0.396. The molecule has 1 aromatic rings. The van der Waals surface area contributed by atoms with Gasteiger partial charge in [-0.3, -0.25) is 14.9 Å². The molecule has 1 unspecified atom stereocenters. The topological polar surface area (TPSA) is 84.3 Å². The van der Waals surface area contributed by atoms with Crippen LogP contribution in [-0.2, 0) is 11.2 Å². The van der Waals surface area contributed by atoms with E-state index in [0.29, 0.717) is 22.9 Å². The van der Waals surface area contributed by atoms with Crippen LogP contribution in [0.25, 0.3) is 0 Å². The zero-order valence-corrected chi connectivity index (χ0v) is 11.3. The summed E-state index contributed by atoms with van der Waals surface area (Å²) in [6.45, 7) is 2.88. The molecule has 1 aromatic carbocycles. The Morgan fingerprint density at radius 2 is 2.25 bits per heavy atom. The fourth-order valence-corrected chi connectivity index (χ4v) is 2.66. The standard InChI is InChI=1S/C14H17N3O3/c1-8(9-2-3-9)7-15-12-6-11-10(5-14(18)16-11)4-13(12)17(19)20/h4,6,8-9,15H,2-3,5,7H2,1H3,(H,16,18). The van der Waals surface area contributed by atoms with Gasteiger partial charge in [0.25, 0.3) is 5.69 Å². The molecule has 1 amide bonds. The molecule has 0 aromatic heterocycles. The van der Waals surface area contributed by atoms with E-state index in [-0.39, 0.29) is 18.0 Å². The Labute approximate surface area is 116 Å². The van der Waals surface area contributed by atoms with Gasteiger partial charge in [0.05, 0.1) is 11.3 Å². The molecule has 0 bridgehead atoms. The molecule has 1 saturated carbocycles. The third-order valence-corrected chi connectivity index (χ3v) is 4.08. The summed E-state index contributed by atoms with van der Waals surface area (Å²) in [7, 11) is 0. The first-order chi connectivity index (χ1) is 9.54. The molecule has 1 atom stereocenters. The lowest BCUT2D eigenvalue weighted by Gasteiger charge is -2.13. The fourth-order valence-electron chi connectivity index (χ4n) is 2.66. The molecule has 3 rings (SSSR count). The minimum absolute atomic E-state index is 0.0447. The van der Waals surface area contributed by atoms with E-state index >= 15 is 0 Å². The lowest BCUT2D eigenvalue weighted by Crippen LogP contribution is -2.14. The fraction of sp³-hybridized carbons (Fsp3) is 0.500. The first-order valence-electron chi connectivity index (χ1n) is 6.89. The smallest absolute Gasteiger partial charge is 0.292 e. The second kappa shape index (κ2) is 4.77. The van der Waals surface area contributed by atoms with E-state index < -0.39 is 4.92 Å². The summed E-state index contributed by atoms with van der Waals surface area (Å²) in [6.07, 6.45) is 2.73. The van der Waals surface area contributed by atoms with Crippen molar-refractivity contribution in [2.45, 2.75) is 26.2 Å². The van der Waals surface area contributed by atoms with Crippen LogP contribution in [0.15, 0.2) is 12.1 Å². The van der Waals surface area contributed by atoms with Crippen molar-refractivity contribution in [3.63, 3.8) is 0 Å². The first kappa shape index (κ1) is 12.9. The van der Waals surface area contributed by atoms with E-state index in [4.69, 9.17) is 0 Å². The Balaban J connectivity index is 1.82. The zero-order chi connectivity index (χ0) is 14.3. The molecule has 1 heterocycles. The van der Waals surface area contributed by atoms with Crippen molar-refractivity contribution in [3.8, 4) is 0 Å². The summed E-state index contributed by atoms with van der Waals surface area (Å²) in [5.74, 6) is 1.14. The van der Waals surface area contributed by atoms with Crippen LogP contribution in [0, 0.1) is 22.0 Å². The van der Waals surface area contributed by atoms with Crippen LogP contribution in [0.2, 0.25) is 0 Å². The Morgan fingerprint density at radius 1 is 1.50 bits per heavy atom. The van der Waals surface area contributed by atoms with E-state index in [1.807, 2.05) is 0 Å². The summed E-state index contributed by atoms with van der Waals surface area (Å²) >= 11 is 0. The lowest BCUT2D eigenvalue weighted by atomic mass is 10.1. The van der Waals surface area contributed by atoms with Gasteiger partial charge in [-0.25, -0.2) is 0 Å². The van der Waals surface area contributed by atoms with Crippen LogP contribution in [0.4, 0.5) is 17.1 Å². The monoisotopic (exact) mass is 275 g/mol. The predicted molar refractivity (Wildman–Crippen MR) is 75.8 cm³/mol. The third-order valence-electron chi connectivity index (χ3n) is 4.08. The second-order valence-electron chi connectivity index (χ2n) is 5.70. The quantitative estimate of drug-likeness (QED) is 0.639. The molecule has 6 heteroatoms. The minimum Gasteiger partial charge on any atom is -0.379 e. The molecule has 1 aliphatic carbocycles. The number of nitrogens with one attached hydrogen (secondary N) is 2. The number of anilines is 2. The number of carbonyl (C=O) groups is 1. The van der Waals surface area contributed by atoms with Gasteiger partial charge < -0.3 is 10.6 Å². The van der Waals surface area contributed by atoms with Crippen LogP contribution >= 0.6 is 0 Å². The van der Waals surface area contributed by atoms with Gasteiger partial charge in [0.1, 0.15) is 5.69 Å². The van der Waals surface area contributed by atoms with E-state index in [0.717, 1.165) is 12.5 Å². The summed E-state index contributed by atoms with van der Waals surface area (Å²) in [5.41, 5.74) is 1.91. The molecule has 6 nitrogen and oxygen atoms in total. The molecule has 2 N–H and O–H groups in total. The van der Waals surface area contributed by atoms with Gasteiger partial charge >= 0.3 is 0 Å². The number of nitrogens with zero attached hydrogens (tertiary/aromatic N) is 1. The molecular formula is C14H17N3O3. The largest absolute Gasteiger partial charge is 0.379 e. The highest BCUT2D eigenvalue weighted by Gasteiger charge is 2.29. The van der Waals surface area contributed by atoms with E-state index in [9.17, 15) is 14.9 Å². The van der Waals surface area contributed by atoms with Crippen molar-refractivity contribution in [2.75, 3.05) is 17.2 Å². The maximum absolute atomic E-state index is 11.4. The molecular weight excluding hydrogens is 258 g/mol. The number of benzene rings is 1. The van der Waals surface area contributed by atoms with Gasteiger partial charge in [0.15, 0.2) is 0 Å². The normalized spacial score (nSPS) is 18.4. The van der Waals surface area contributed by atoms with Crippen molar-refractivity contribution < 1.29 is 9.72 Å². The second-order valence-corrected chi connectivity index (χ2v) is 5.70. The molecule has 2 aliphatic rings. The van der Waals surface area contributed by atoms with Crippen LogP contribution in [0.5, 0.6) is 0 Å². The molecule has 106 valence electrons. The van der Waals surface area contributed by atoms with Crippen molar-refractivity contribution >= 4 is 23.0 Å². The van der Waals surface area contributed by atoms with Gasteiger partial charge in [0, 0.05) is 18.3 Å². The number of fused-ring (bicyclic) bond motifs is 1. The Morgan fingerprint density at radius 3 is 2.90 bits per heavy atom. The maximum atomic E-state index is 11.4. The average Bonchev–Trinajstić information content (AvgIpc) is 3.17. The Bertz CT molecular complexity index is 581. The molecule has 1 aliphatic heterocycles. The van der Waals surface area contributed by atoms with Crippen molar-refractivity contribution in [1.29, 1.82) is 0 Å². The number of carbonyl (C=O) groups excluding carboxylic acids is 1. The highest BCUT2D eigenvalue weighted by Crippen LogP contribution is 2.38. The molecule has 20 heavy (non-hydrogen) atoms. The predicted octanol–water partition coefficient (Wildman–Crippen LogP) is 2.55. The van der Waals surface area contributed by atoms with E-state index in [2.05, 4.69) is 17.6 Å². The Hall–Kier alpha value is -2.11. The summed E-state index contributed by atoms with van der Waals surface area (Å²) in [4.78, 5) is 22.1. The number of nitro groups is 1. The zero-order valence-electron chi connectivity index (χ0n) is 11.3. The van der Waals surface area contributed by atoms with Crippen LogP contribution < -0.4 is 10.6 Å². The number of nitro benzene ring substituents is 1. The molecule has 0 spiro atoms. The van der Waals surface area contributed by atoms with Crippen molar-refractivity contribution in [3.05, 3.63) is 27.8 Å². The van der Waals surface area contributed by atoms with Crippen LogP contribution in [0.3, 0.4) is 0 Å². The first-order valence-corrected chi connectivity index (χ1v) is 6.89. The van der Waals surface area contributed by atoms with Crippen LogP contribution in [0.1, 0.15) is 25.3 Å². The highest BCUT2D eigenvalue weighted by molar-refractivity contribution is 6.00. The van der Waals surface area contributed by atoms with Crippen LogP contribution in [-0.4, -0.2) is 17.4 Å². The van der Waals surface area contributed by atoms with E-state index in [1.165, 1.54) is 18.9 Å². The van der Waals surface area contributed by atoms with Gasteiger partial charge in [-0.05, 0) is 36.3 Å². The van der Waals surface area contributed by atoms with Gasteiger partial charge in [-0.15, -0.1) is 0 Å². The van der Waals surface area contributed by atoms with Crippen molar-refractivity contribution in [1.82, 2.24) is 0 Å². The highest BCUT2D eigenvalue weighted by atomic mass is 16.6. The summed E-state index contributed by atoms with van der Waals surface area (Å²) < 4.78 is 0. The Kier molecular flexibility index (Phi) is 3.08. The van der Waals surface area contributed by atoms with Gasteiger partial charge in [-0.2, -0.15) is 0 Å². The summed E-state index contributed by atoms with van der Waals surface area (Å²) in [6, 6.07) is 3.18. The van der Waals surface area contributed by atoms with Gasteiger partial charge in [-0.1, -0.05) is 6.92 Å². The lowest BCUT2D eigenvalue weighted by molar-refractivity contribution is -0.384. The average molecular weight is 275 g/mol. The molecule has 0 radical (unpaired) electrons. The van der Waals surface area contributed by atoms with E-state index in [1.54, 1.807) is 6.07 Å². The van der Waals surface area contributed by atoms with Crippen molar-refractivity contribution in [2.24, 2.45) is 11.8 Å². The number of amides is 1.